The molecule has 0 radical (unpaired) electrons. The van der Waals surface area contributed by atoms with Gasteiger partial charge in [0, 0.05) is 91.9 Å². The first-order valence-corrected chi connectivity index (χ1v) is 19.1. The van der Waals surface area contributed by atoms with Crippen LogP contribution in [-0.2, 0) is 0 Å². The first-order chi connectivity index (χ1) is 27.1. The Kier molecular flexibility index (Phi) is 6.00. The van der Waals surface area contributed by atoms with Crippen LogP contribution in [-0.4, -0.2) is 130 Å². The fourth-order valence-corrected chi connectivity index (χ4v) is 11.4. The first kappa shape index (κ1) is 32.1. The lowest BCUT2D eigenvalue weighted by molar-refractivity contribution is -0.0160. The lowest BCUT2D eigenvalue weighted by atomic mass is 9.68. The molecular weight excluding hydrogens is 720 g/mol. The van der Waals surface area contributed by atoms with Crippen molar-refractivity contribution in [3.05, 3.63) is 94.2 Å². The quantitative estimate of drug-likeness (QED) is 0.133. The normalized spacial score (nSPS) is 41.1. The molecule has 0 amide bonds. The number of nitrogens with one attached hydrogen (secondary N) is 2. The first-order valence-electron chi connectivity index (χ1n) is 19.1. The molecule has 16 heteroatoms. The van der Waals surface area contributed by atoms with Crippen molar-refractivity contribution in [1.29, 1.82) is 0 Å². The molecule has 0 saturated heterocycles. The van der Waals surface area contributed by atoms with E-state index >= 15 is 0 Å². The zero-order chi connectivity index (χ0) is 37.8. The molecule has 0 fully saturated rings. The largest absolute Gasteiger partial charge is 0.389 e. The van der Waals surface area contributed by atoms with Crippen molar-refractivity contribution in [3.8, 4) is 0 Å². The van der Waals surface area contributed by atoms with Crippen molar-refractivity contribution in [2.45, 2.75) is 72.5 Å². The molecule has 5 heterocycles. The molecule has 56 heavy (non-hydrogen) atoms. The van der Waals surface area contributed by atoms with Crippen LogP contribution in [0.4, 0.5) is 0 Å². The molecule has 0 aromatic carbocycles. The second-order valence-electron chi connectivity index (χ2n) is 16.6. The van der Waals surface area contributed by atoms with E-state index in [4.69, 9.17) is 29.9 Å². The minimum Gasteiger partial charge on any atom is -0.389 e. The highest BCUT2D eigenvalue weighted by molar-refractivity contribution is 5.99. The smallest absolute Gasteiger partial charge is 0.161 e. The van der Waals surface area contributed by atoms with Gasteiger partial charge in [0.25, 0.3) is 0 Å². The lowest BCUT2D eigenvalue weighted by Gasteiger charge is -2.40. The van der Waals surface area contributed by atoms with Crippen LogP contribution in [0.5, 0.6) is 0 Å². The van der Waals surface area contributed by atoms with E-state index in [9.17, 15) is 40.9 Å². The Balaban J connectivity index is 1.19. The maximum atomic E-state index is 11.3. The number of fused-ring (bicyclic) bond motifs is 12. The fraction of sp³-hybridized carbons (Fsp3) is 0.400. The zero-order valence-corrected chi connectivity index (χ0v) is 29.1. The second-order valence-corrected chi connectivity index (χ2v) is 16.6. The third kappa shape index (κ3) is 3.68. The molecule has 16 nitrogen and oxygen atoms in total. The van der Waals surface area contributed by atoms with E-state index in [1.54, 1.807) is 0 Å². The van der Waals surface area contributed by atoms with Crippen molar-refractivity contribution in [3.63, 3.8) is 0 Å². The number of aromatic amines is 2. The SMILES string of the molecule is OC1C2C=CC(C3=C2c2nc4nc(nc5[nH]c(nc6[nH]c(nc3n2)c2c6C3C=CC2C(O)C3O)c2c5C3C=CC2C(O)C3O)C2=C4C3C=CC2C(O)C3O)C1O. The summed E-state index contributed by atoms with van der Waals surface area (Å²) in [4.78, 5) is 37.0. The van der Waals surface area contributed by atoms with Crippen molar-refractivity contribution >= 4 is 44.9 Å². The number of aliphatic hydroxyl groups is 8. The number of aliphatic hydroxyl groups excluding tert-OH is 8. The summed E-state index contributed by atoms with van der Waals surface area (Å²) >= 11 is 0. The van der Waals surface area contributed by atoms with Crippen LogP contribution in [0, 0.1) is 23.7 Å². The Morgan fingerprint density at radius 1 is 0.286 bits per heavy atom. The minimum atomic E-state index is -1.13. The maximum absolute atomic E-state index is 11.3. The lowest BCUT2D eigenvalue weighted by Crippen LogP contribution is -2.45. The predicted molar refractivity (Wildman–Crippen MR) is 195 cm³/mol. The van der Waals surface area contributed by atoms with Gasteiger partial charge in [-0.25, -0.2) is 29.9 Å². The van der Waals surface area contributed by atoms with Gasteiger partial charge in [0.1, 0.15) is 22.6 Å². The van der Waals surface area contributed by atoms with E-state index in [0.717, 1.165) is 0 Å². The Morgan fingerprint density at radius 3 is 0.786 bits per heavy atom. The Morgan fingerprint density at radius 2 is 0.500 bits per heavy atom. The molecule has 10 N–H and O–H groups in total. The predicted octanol–water partition coefficient (Wildman–Crippen LogP) is -0.264. The van der Waals surface area contributed by atoms with Crippen molar-refractivity contribution in [1.82, 2.24) is 39.9 Å². The van der Waals surface area contributed by atoms with E-state index in [2.05, 4.69) is 9.97 Å². The van der Waals surface area contributed by atoms with E-state index in [0.29, 0.717) is 67.1 Å². The van der Waals surface area contributed by atoms with E-state index in [-0.39, 0.29) is 23.3 Å². The van der Waals surface area contributed by atoms with Crippen LogP contribution < -0.4 is 0 Å². The van der Waals surface area contributed by atoms with Crippen LogP contribution in [0.25, 0.3) is 44.9 Å². The van der Waals surface area contributed by atoms with Gasteiger partial charge in [0.15, 0.2) is 23.3 Å². The molecule has 3 aromatic rings. The Bertz CT molecular complexity index is 2570. The van der Waals surface area contributed by atoms with Crippen LogP contribution in [0.3, 0.4) is 0 Å². The molecule has 14 aliphatic rings. The molecule has 16 bridgehead atoms. The number of H-pyrrole nitrogens is 2. The maximum Gasteiger partial charge on any atom is 0.161 e. The van der Waals surface area contributed by atoms with E-state index in [1.807, 2.05) is 48.6 Å². The van der Waals surface area contributed by atoms with E-state index in [1.165, 1.54) is 0 Å². The Hall–Kier alpha value is -5.04. The van der Waals surface area contributed by atoms with Gasteiger partial charge in [0.05, 0.1) is 48.8 Å². The summed E-state index contributed by atoms with van der Waals surface area (Å²) in [6.07, 6.45) is 5.80. The summed E-state index contributed by atoms with van der Waals surface area (Å²) in [6, 6.07) is 0. The molecule has 17 rings (SSSR count). The molecule has 16 unspecified atom stereocenters. The third-order valence-corrected chi connectivity index (χ3v) is 14.0. The van der Waals surface area contributed by atoms with Crippen molar-refractivity contribution in [2.75, 3.05) is 0 Å². The number of nitrogens with zero attached hydrogens (tertiary/aromatic N) is 6. The third-order valence-electron chi connectivity index (χ3n) is 14.0. The van der Waals surface area contributed by atoms with Crippen LogP contribution >= 0.6 is 0 Å². The standard InChI is InChI=1S/C40H34N8O8/c49-25-9-1-2-10(26(25)50)18-17(9)33-41-34(18)46-36-21-13-5-6-14(30(54)29(13)53)22(21)38(43-36)48-40-24-16-8-7-15(31(55)32(16)56)23(24)39(44-40)47-37-20-12-4-3-11(27(51)28(12)52)19(20)35(42-37)45-33/h1-16,25-32,49-56H,(H2,41,42,43,44,45,46,47,48). The molecular formula is C40H34N8O8. The van der Waals surface area contributed by atoms with Crippen molar-refractivity contribution in [2.24, 2.45) is 23.7 Å². The average molecular weight is 755 g/mol. The summed E-state index contributed by atoms with van der Waals surface area (Å²) in [5, 5.41) is 90.0. The number of hydrogen-bond acceptors (Lipinski definition) is 14. The number of rotatable bonds is 0. The minimum absolute atomic E-state index is 0.227. The monoisotopic (exact) mass is 754 g/mol. The fourth-order valence-electron chi connectivity index (χ4n) is 11.4. The summed E-state index contributed by atoms with van der Waals surface area (Å²) in [5.41, 5.74) is 6.34. The molecule has 2 aliphatic heterocycles. The summed E-state index contributed by atoms with van der Waals surface area (Å²) < 4.78 is 0. The van der Waals surface area contributed by atoms with Gasteiger partial charge in [-0.05, 0) is 0 Å². The van der Waals surface area contributed by atoms with Crippen LogP contribution in [0.2, 0.25) is 0 Å². The molecule has 282 valence electrons. The van der Waals surface area contributed by atoms with Gasteiger partial charge >= 0.3 is 0 Å². The van der Waals surface area contributed by atoms with Crippen molar-refractivity contribution < 1.29 is 40.9 Å². The van der Waals surface area contributed by atoms with Crippen LogP contribution in [0.1, 0.15) is 69.2 Å². The molecule has 0 saturated carbocycles. The Labute approximate surface area is 315 Å². The van der Waals surface area contributed by atoms with Gasteiger partial charge in [0.2, 0.25) is 0 Å². The topological polar surface area (TPSA) is 271 Å². The van der Waals surface area contributed by atoms with Gasteiger partial charge in [-0.1, -0.05) is 48.6 Å². The van der Waals surface area contributed by atoms with Gasteiger partial charge in [-0.3, -0.25) is 0 Å². The summed E-state index contributed by atoms with van der Waals surface area (Å²) in [5.74, 6) is -4.21. The summed E-state index contributed by atoms with van der Waals surface area (Å²) in [7, 11) is 0. The highest BCUT2D eigenvalue weighted by Crippen LogP contribution is 2.55. The van der Waals surface area contributed by atoms with Gasteiger partial charge < -0.3 is 50.8 Å². The highest BCUT2D eigenvalue weighted by atomic mass is 16.3. The second kappa shape index (κ2) is 10.5. The zero-order valence-electron chi connectivity index (χ0n) is 29.1. The summed E-state index contributed by atoms with van der Waals surface area (Å²) in [6.45, 7) is 0. The van der Waals surface area contributed by atoms with Gasteiger partial charge in [-0.2, -0.15) is 0 Å². The molecule has 12 aliphatic carbocycles. The average Bonchev–Trinajstić information content (AvgIpc) is 3.96. The van der Waals surface area contributed by atoms with Gasteiger partial charge in [-0.15, -0.1) is 0 Å². The number of hydrogen-bond donors (Lipinski definition) is 10. The highest BCUT2D eigenvalue weighted by Gasteiger charge is 2.52. The molecule has 16 atom stereocenters. The number of aromatic nitrogens is 8. The van der Waals surface area contributed by atoms with Crippen LogP contribution in [0.15, 0.2) is 48.6 Å². The van der Waals surface area contributed by atoms with E-state index < -0.39 is 96.2 Å². The molecule has 3 aromatic heterocycles. The molecule has 0 spiro atoms.